The minimum absolute atomic E-state index is 0.0728. The smallest absolute Gasteiger partial charge is 0.270 e. The molecule has 10 nitrogen and oxygen atoms in total. The van der Waals surface area contributed by atoms with Crippen LogP contribution in [0.2, 0.25) is 5.02 Å². The molecule has 3 aromatic rings. The van der Waals surface area contributed by atoms with Gasteiger partial charge < -0.3 is 15.1 Å². The molecule has 0 radical (unpaired) electrons. The average Bonchev–Trinajstić information content (AvgIpc) is 2.81. The molecule has 4 rings (SSSR count). The van der Waals surface area contributed by atoms with Crippen molar-refractivity contribution >= 4 is 40.6 Å². The third kappa shape index (κ3) is 4.75. The van der Waals surface area contributed by atoms with E-state index in [4.69, 9.17) is 11.6 Å². The highest BCUT2D eigenvalue weighted by Crippen LogP contribution is 2.24. The number of non-ortho nitro benzene ring substituents is 1. The first kappa shape index (κ1) is 21.4. The number of pyridine rings is 1. The fourth-order valence-electron chi connectivity index (χ4n) is 3.33. The lowest BCUT2D eigenvalue weighted by Gasteiger charge is -2.35. The second-order valence-corrected chi connectivity index (χ2v) is 7.73. The molecule has 0 saturated carbocycles. The van der Waals surface area contributed by atoms with E-state index in [1.807, 2.05) is 36.1 Å². The van der Waals surface area contributed by atoms with Crippen LogP contribution in [0.3, 0.4) is 0 Å². The maximum Gasteiger partial charge on any atom is 0.270 e. The Morgan fingerprint density at radius 1 is 1.06 bits per heavy atom. The Morgan fingerprint density at radius 3 is 2.41 bits per heavy atom. The van der Waals surface area contributed by atoms with Crippen molar-refractivity contribution in [2.45, 2.75) is 6.92 Å². The third-order valence-corrected chi connectivity index (χ3v) is 5.42. The molecule has 164 valence electrons. The van der Waals surface area contributed by atoms with Gasteiger partial charge in [0.15, 0.2) is 11.6 Å². The zero-order valence-electron chi connectivity index (χ0n) is 17.2. The summed E-state index contributed by atoms with van der Waals surface area (Å²) >= 11 is 6.10. The molecular formula is C21H20ClN7O3. The van der Waals surface area contributed by atoms with Gasteiger partial charge in [-0.3, -0.25) is 14.9 Å². The minimum Gasteiger partial charge on any atom is -0.352 e. The first-order valence-electron chi connectivity index (χ1n) is 9.92. The molecule has 0 spiro atoms. The van der Waals surface area contributed by atoms with Gasteiger partial charge in [-0.2, -0.15) is 0 Å². The molecular weight excluding hydrogens is 434 g/mol. The summed E-state index contributed by atoms with van der Waals surface area (Å²) in [6.07, 6.45) is 1.77. The molecule has 1 N–H and O–H groups in total. The molecule has 0 bridgehead atoms. The number of carbonyl (C=O) groups excluding carboxylic acids is 1. The number of nitro benzene ring substituents is 1. The summed E-state index contributed by atoms with van der Waals surface area (Å²) in [6.45, 7) is 4.08. The standard InChI is InChI=1S/C21H20ClN7O3/c1-14-2-5-18(23-13-14)24-19-6-7-20(26-25-19)27-8-10-28(11-9-27)21(30)16-4-3-15(29(31)32)12-17(16)22/h2-7,12-13H,8-11H2,1H3,(H,23,24,25). The molecule has 1 aliphatic rings. The Bertz CT molecular complexity index is 1130. The summed E-state index contributed by atoms with van der Waals surface area (Å²) in [7, 11) is 0. The van der Waals surface area contributed by atoms with E-state index in [-0.39, 0.29) is 22.2 Å². The van der Waals surface area contributed by atoms with Crippen LogP contribution in [0.1, 0.15) is 15.9 Å². The van der Waals surface area contributed by atoms with Crippen LogP contribution < -0.4 is 10.2 Å². The highest BCUT2D eigenvalue weighted by atomic mass is 35.5. The minimum atomic E-state index is -0.544. The number of hydrogen-bond acceptors (Lipinski definition) is 8. The Morgan fingerprint density at radius 2 is 1.81 bits per heavy atom. The summed E-state index contributed by atoms with van der Waals surface area (Å²) in [5, 5.41) is 22.5. The number of hydrogen-bond donors (Lipinski definition) is 1. The molecule has 1 aliphatic heterocycles. The summed E-state index contributed by atoms with van der Waals surface area (Å²) in [5.74, 6) is 1.75. The summed E-state index contributed by atoms with van der Waals surface area (Å²) in [6, 6.07) is 11.4. The monoisotopic (exact) mass is 453 g/mol. The maximum atomic E-state index is 12.8. The molecule has 2 aromatic heterocycles. The van der Waals surface area contributed by atoms with Gasteiger partial charge in [0.05, 0.1) is 15.5 Å². The largest absolute Gasteiger partial charge is 0.352 e. The highest BCUT2D eigenvalue weighted by molar-refractivity contribution is 6.34. The fourth-order valence-corrected chi connectivity index (χ4v) is 3.59. The van der Waals surface area contributed by atoms with Crippen LogP contribution in [-0.4, -0.2) is 57.1 Å². The highest BCUT2D eigenvalue weighted by Gasteiger charge is 2.25. The van der Waals surface area contributed by atoms with Crippen LogP contribution in [0.15, 0.2) is 48.7 Å². The van der Waals surface area contributed by atoms with Gasteiger partial charge in [0.1, 0.15) is 5.82 Å². The Kier molecular flexibility index (Phi) is 6.13. The number of piperazine rings is 1. The van der Waals surface area contributed by atoms with E-state index < -0.39 is 4.92 Å². The van der Waals surface area contributed by atoms with Crippen LogP contribution in [0.5, 0.6) is 0 Å². The number of aromatic nitrogens is 3. The van der Waals surface area contributed by atoms with Gasteiger partial charge in [-0.1, -0.05) is 17.7 Å². The number of halogens is 1. The molecule has 1 fully saturated rings. The molecule has 32 heavy (non-hydrogen) atoms. The van der Waals surface area contributed by atoms with Crippen LogP contribution in [0, 0.1) is 17.0 Å². The van der Waals surface area contributed by atoms with Gasteiger partial charge >= 0.3 is 0 Å². The van der Waals surface area contributed by atoms with Crippen molar-refractivity contribution in [2.24, 2.45) is 0 Å². The number of benzene rings is 1. The van der Waals surface area contributed by atoms with Crippen molar-refractivity contribution < 1.29 is 9.72 Å². The molecule has 11 heteroatoms. The summed E-state index contributed by atoms with van der Waals surface area (Å²) in [5.41, 5.74) is 1.18. The molecule has 1 aromatic carbocycles. The Hall–Kier alpha value is -3.79. The first-order valence-corrected chi connectivity index (χ1v) is 10.3. The van der Waals surface area contributed by atoms with E-state index in [0.29, 0.717) is 43.6 Å². The van der Waals surface area contributed by atoms with Crippen molar-refractivity contribution in [3.8, 4) is 0 Å². The van der Waals surface area contributed by atoms with E-state index >= 15 is 0 Å². The topological polar surface area (TPSA) is 117 Å². The number of rotatable bonds is 5. The predicted molar refractivity (Wildman–Crippen MR) is 121 cm³/mol. The number of carbonyl (C=O) groups is 1. The van der Waals surface area contributed by atoms with Crippen LogP contribution in [0.25, 0.3) is 0 Å². The van der Waals surface area contributed by atoms with Crippen LogP contribution in [0.4, 0.5) is 23.1 Å². The zero-order valence-corrected chi connectivity index (χ0v) is 18.0. The molecule has 0 atom stereocenters. The van der Waals surface area contributed by atoms with Crippen molar-refractivity contribution in [3.05, 3.63) is 74.9 Å². The zero-order chi connectivity index (χ0) is 22.7. The van der Waals surface area contributed by atoms with E-state index in [0.717, 1.165) is 5.56 Å². The van der Waals surface area contributed by atoms with Crippen molar-refractivity contribution in [2.75, 3.05) is 36.4 Å². The second-order valence-electron chi connectivity index (χ2n) is 7.32. The number of amides is 1. The van der Waals surface area contributed by atoms with Gasteiger partial charge in [0.2, 0.25) is 0 Å². The van der Waals surface area contributed by atoms with Gasteiger partial charge in [-0.05, 0) is 36.8 Å². The predicted octanol–water partition coefficient (Wildman–Crippen LogP) is 3.45. The lowest BCUT2D eigenvalue weighted by molar-refractivity contribution is -0.384. The number of aryl methyl sites for hydroxylation is 1. The SMILES string of the molecule is Cc1ccc(Nc2ccc(N3CCN(C(=O)c4ccc([N+](=O)[O-])cc4Cl)CC3)nn2)nc1. The molecule has 3 heterocycles. The molecule has 1 saturated heterocycles. The Balaban J connectivity index is 1.35. The quantitative estimate of drug-likeness (QED) is 0.461. The van der Waals surface area contributed by atoms with E-state index in [9.17, 15) is 14.9 Å². The lowest BCUT2D eigenvalue weighted by atomic mass is 10.1. The van der Waals surface area contributed by atoms with E-state index in [2.05, 4.69) is 20.5 Å². The maximum absolute atomic E-state index is 12.8. The van der Waals surface area contributed by atoms with E-state index in [1.165, 1.54) is 18.2 Å². The fraction of sp³-hybridized carbons (Fsp3) is 0.238. The third-order valence-electron chi connectivity index (χ3n) is 5.10. The lowest BCUT2D eigenvalue weighted by Crippen LogP contribution is -2.49. The van der Waals surface area contributed by atoms with Crippen LogP contribution >= 0.6 is 11.6 Å². The molecule has 0 aliphatic carbocycles. The number of anilines is 3. The number of nitro groups is 1. The number of nitrogens with zero attached hydrogens (tertiary/aromatic N) is 6. The first-order chi connectivity index (χ1) is 15.4. The second kappa shape index (κ2) is 9.15. The van der Waals surface area contributed by atoms with Crippen molar-refractivity contribution in [1.82, 2.24) is 20.1 Å². The summed E-state index contributed by atoms with van der Waals surface area (Å²) < 4.78 is 0. The number of nitrogens with one attached hydrogen (secondary N) is 1. The summed E-state index contributed by atoms with van der Waals surface area (Å²) in [4.78, 5) is 31.1. The van der Waals surface area contributed by atoms with Gasteiger partial charge in [-0.25, -0.2) is 4.98 Å². The van der Waals surface area contributed by atoms with Crippen molar-refractivity contribution in [3.63, 3.8) is 0 Å². The molecule has 0 unspecified atom stereocenters. The Labute approximate surface area is 189 Å². The van der Waals surface area contributed by atoms with Gasteiger partial charge in [0, 0.05) is 44.5 Å². The van der Waals surface area contributed by atoms with E-state index in [1.54, 1.807) is 11.1 Å². The average molecular weight is 454 g/mol. The normalized spacial score (nSPS) is 13.7. The van der Waals surface area contributed by atoms with Crippen LogP contribution in [-0.2, 0) is 0 Å². The van der Waals surface area contributed by atoms with Crippen molar-refractivity contribution in [1.29, 1.82) is 0 Å². The van der Waals surface area contributed by atoms with Gasteiger partial charge in [-0.15, -0.1) is 10.2 Å². The van der Waals surface area contributed by atoms with Gasteiger partial charge in [0.25, 0.3) is 11.6 Å². The molecule has 1 amide bonds.